The van der Waals surface area contributed by atoms with Crippen LogP contribution in [0, 0.1) is 5.82 Å². The van der Waals surface area contributed by atoms with Crippen LogP contribution in [0.2, 0.25) is 0 Å². The van der Waals surface area contributed by atoms with Crippen molar-refractivity contribution >= 4 is 22.2 Å². The molecule has 0 saturated carbocycles. The van der Waals surface area contributed by atoms with E-state index in [0.29, 0.717) is 22.2 Å². The van der Waals surface area contributed by atoms with Gasteiger partial charge in [0.1, 0.15) is 17.9 Å². The summed E-state index contributed by atoms with van der Waals surface area (Å²) in [5, 5.41) is 0. The number of halogens is 2. The predicted octanol–water partition coefficient (Wildman–Crippen LogP) is 3.29. The summed E-state index contributed by atoms with van der Waals surface area (Å²) in [6.45, 7) is 1.81. The van der Waals surface area contributed by atoms with Crippen molar-refractivity contribution in [2.75, 3.05) is 7.11 Å². The molecule has 0 saturated heterocycles. The van der Waals surface area contributed by atoms with Gasteiger partial charge < -0.3 is 9.53 Å². The molecule has 0 spiro atoms. The Morgan fingerprint density at radius 1 is 1.60 bits per heavy atom. The Morgan fingerprint density at radius 2 is 2.27 bits per heavy atom. The van der Waals surface area contributed by atoms with Gasteiger partial charge in [-0.15, -0.1) is 0 Å². The number of benzene rings is 1. The number of methoxy groups -OCH3 is 1. The van der Waals surface area contributed by atoms with Crippen LogP contribution in [0.15, 0.2) is 16.6 Å². The highest BCUT2D eigenvalue weighted by Crippen LogP contribution is 2.33. The molecule has 1 rings (SSSR count). The molecule has 1 aromatic rings. The van der Waals surface area contributed by atoms with Crippen molar-refractivity contribution in [2.24, 2.45) is 0 Å². The summed E-state index contributed by atoms with van der Waals surface area (Å²) in [7, 11) is 1.48. The maximum Gasteiger partial charge on any atom is 0.144 e. The number of carbonyl (C=O) groups excluding carboxylic acids is 1. The molecule has 0 heterocycles. The molecule has 15 heavy (non-hydrogen) atoms. The molecular formula is C11H12BrFO2. The molecule has 0 N–H and O–H groups in total. The van der Waals surface area contributed by atoms with Crippen LogP contribution in [-0.2, 0) is 4.79 Å². The van der Waals surface area contributed by atoms with Gasteiger partial charge in [0, 0.05) is 6.42 Å². The SMILES string of the molecule is COc1ccc(C(C)CC=O)c(F)c1Br. The van der Waals surface area contributed by atoms with E-state index in [-0.39, 0.29) is 11.7 Å². The zero-order chi connectivity index (χ0) is 11.4. The fourth-order valence-corrected chi connectivity index (χ4v) is 1.88. The topological polar surface area (TPSA) is 26.3 Å². The monoisotopic (exact) mass is 274 g/mol. The highest BCUT2D eigenvalue weighted by Gasteiger charge is 2.16. The largest absolute Gasteiger partial charge is 0.495 e. The third-order valence-electron chi connectivity index (χ3n) is 2.28. The van der Waals surface area contributed by atoms with E-state index in [4.69, 9.17) is 4.74 Å². The van der Waals surface area contributed by atoms with E-state index in [1.54, 1.807) is 12.1 Å². The minimum atomic E-state index is -0.358. The Balaban J connectivity index is 3.11. The number of rotatable bonds is 4. The molecule has 0 radical (unpaired) electrons. The van der Waals surface area contributed by atoms with Gasteiger partial charge in [0.2, 0.25) is 0 Å². The summed E-state index contributed by atoms with van der Waals surface area (Å²) in [6, 6.07) is 3.33. The summed E-state index contributed by atoms with van der Waals surface area (Å²) in [5.74, 6) is -0.0250. The summed E-state index contributed by atoms with van der Waals surface area (Å²) >= 11 is 3.12. The highest BCUT2D eigenvalue weighted by molar-refractivity contribution is 9.10. The van der Waals surface area contributed by atoms with Crippen LogP contribution >= 0.6 is 15.9 Å². The van der Waals surface area contributed by atoms with Gasteiger partial charge in [-0.3, -0.25) is 0 Å². The highest BCUT2D eigenvalue weighted by atomic mass is 79.9. The van der Waals surface area contributed by atoms with Gasteiger partial charge in [0.25, 0.3) is 0 Å². The van der Waals surface area contributed by atoms with E-state index in [9.17, 15) is 9.18 Å². The first-order valence-corrected chi connectivity index (χ1v) is 5.36. The van der Waals surface area contributed by atoms with Crippen LogP contribution in [-0.4, -0.2) is 13.4 Å². The lowest BCUT2D eigenvalue weighted by Crippen LogP contribution is -2.00. The molecule has 0 amide bonds. The number of hydrogen-bond donors (Lipinski definition) is 0. The van der Waals surface area contributed by atoms with E-state index in [2.05, 4.69) is 15.9 Å². The molecule has 1 aromatic carbocycles. The summed E-state index contributed by atoms with van der Waals surface area (Å²) < 4.78 is 19.0. The zero-order valence-electron chi connectivity index (χ0n) is 8.59. The van der Waals surface area contributed by atoms with Crippen molar-refractivity contribution in [2.45, 2.75) is 19.3 Å². The molecule has 0 aliphatic heterocycles. The second-order valence-corrected chi connectivity index (χ2v) is 4.08. The smallest absolute Gasteiger partial charge is 0.144 e. The molecule has 0 fully saturated rings. The average Bonchev–Trinajstić information content (AvgIpc) is 2.22. The van der Waals surface area contributed by atoms with E-state index < -0.39 is 0 Å². The van der Waals surface area contributed by atoms with Crippen molar-refractivity contribution < 1.29 is 13.9 Å². The van der Waals surface area contributed by atoms with Gasteiger partial charge in [-0.1, -0.05) is 13.0 Å². The van der Waals surface area contributed by atoms with E-state index in [1.165, 1.54) is 7.11 Å². The van der Waals surface area contributed by atoms with Crippen molar-refractivity contribution in [1.82, 2.24) is 0 Å². The van der Waals surface area contributed by atoms with Crippen LogP contribution in [0.5, 0.6) is 5.75 Å². The second kappa shape index (κ2) is 5.26. The maximum absolute atomic E-state index is 13.8. The number of ether oxygens (including phenoxy) is 1. The van der Waals surface area contributed by atoms with Crippen LogP contribution in [0.3, 0.4) is 0 Å². The minimum absolute atomic E-state index is 0.121. The Bertz CT molecular complexity index is 366. The molecule has 82 valence electrons. The van der Waals surface area contributed by atoms with Crippen molar-refractivity contribution in [3.8, 4) is 5.75 Å². The summed E-state index contributed by atoms with van der Waals surface area (Å²) in [5.41, 5.74) is 0.523. The molecule has 0 aliphatic carbocycles. The first-order chi connectivity index (χ1) is 7.11. The Morgan fingerprint density at radius 3 is 2.80 bits per heavy atom. The van der Waals surface area contributed by atoms with Crippen LogP contribution in [0.1, 0.15) is 24.8 Å². The van der Waals surface area contributed by atoms with E-state index in [1.807, 2.05) is 6.92 Å². The van der Waals surface area contributed by atoms with Crippen LogP contribution in [0.25, 0.3) is 0 Å². The van der Waals surface area contributed by atoms with Gasteiger partial charge in [0.15, 0.2) is 0 Å². The molecule has 1 unspecified atom stereocenters. The maximum atomic E-state index is 13.8. The van der Waals surface area contributed by atoms with Gasteiger partial charge in [-0.25, -0.2) is 4.39 Å². The number of hydrogen-bond acceptors (Lipinski definition) is 2. The molecule has 4 heteroatoms. The first-order valence-electron chi connectivity index (χ1n) is 4.57. The van der Waals surface area contributed by atoms with Gasteiger partial charge in [-0.05, 0) is 33.5 Å². The molecular weight excluding hydrogens is 263 g/mol. The molecule has 0 aliphatic rings. The summed E-state index contributed by atoms with van der Waals surface area (Å²) in [4.78, 5) is 10.3. The third-order valence-corrected chi connectivity index (χ3v) is 3.02. The van der Waals surface area contributed by atoms with Crippen molar-refractivity contribution in [1.29, 1.82) is 0 Å². The standard InChI is InChI=1S/C11H12BrFO2/c1-7(5-6-14)8-3-4-9(15-2)10(12)11(8)13/h3-4,6-7H,5H2,1-2H3. The normalized spacial score (nSPS) is 12.3. The lowest BCUT2D eigenvalue weighted by molar-refractivity contribution is -0.108. The van der Waals surface area contributed by atoms with E-state index in [0.717, 1.165) is 6.29 Å². The molecule has 0 aromatic heterocycles. The lowest BCUT2D eigenvalue weighted by Gasteiger charge is -2.12. The number of carbonyl (C=O) groups is 1. The first kappa shape index (κ1) is 12.2. The van der Waals surface area contributed by atoms with Gasteiger partial charge in [-0.2, -0.15) is 0 Å². The molecule has 1 atom stereocenters. The van der Waals surface area contributed by atoms with Crippen molar-refractivity contribution in [3.05, 3.63) is 28.0 Å². The van der Waals surface area contributed by atoms with Crippen LogP contribution < -0.4 is 4.74 Å². The Labute approximate surface area is 96.6 Å². The number of aldehydes is 1. The fourth-order valence-electron chi connectivity index (χ4n) is 1.36. The van der Waals surface area contributed by atoms with Crippen molar-refractivity contribution in [3.63, 3.8) is 0 Å². The zero-order valence-corrected chi connectivity index (χ0v) is 10.2. The Kier molecular flexibility index (Phi) is 4.27. The Hall–Kier alpha value is -0.900. The minimum Gasteiger partial charge on any atom is -0.495 e. The lowest BCUT2D eigenvalue weighted by atomic mass is 9.98. The van der Waals surface area contributed by atoms with E-state index >= 15 is 0 Å². The van der Waals surface area contributed by atoms with Gasteiger partial charge in [0.05, 0.1) is 11.6 Å². The molecule has 0 bridgehead atoms. The average molecular weight is 275 g/mol. The van der Waals surface area contributed by atoms with Gasteiger partial charge >= 0.3 is 0 Å². The fraction of sp³-hybridized carbons (Fsp3) is 0.364. The summed E-state index contributed by atoms with van der Waals surface area (Å²) in [6.07, 6.45) is 1.11. The van der Waals surface area contributed by atoms with Crippen LogP contribution in [0.4, 0.5) is 4.39 Å². The second-order valence-electron chi connectivity index (χ2n) is 3.29. The predicted molar refractivity (Wildman–Crippen MR) is 59.7 cm³/mol. The third kappa shape index (κ3) is 2.56. The molecule has 2 nitrogen and oxygen atoms in total. The quantitative estimate of drug-likeness (QED) is 0.788.